The molecule has 0 bridgehead atoms. The molecule has 582 valence electrons. The van der Waals surface area contributed by atoms with E-state index in [1.54, 1.807) is 128 Å². The van der Waals surface area contributed by atoms with Crippen molar-refractivity contribution >= 4 is 79.6 Å². The molecule has 33 heteroatoms. The fourth-order valence-corrected chi connectivity index (χ4v) is 13.3. The Morgan fingerprint density at radius 1 is 0.544 bits per heavy atom. The highest BCUT2D eigenvalue weighted by molar-refractivity contribution is 7.89. The molecule has 1 aromatic carbocycles. The molecule has 1 saturated heterocycles. The maximum Gasteiger partial charge on any atom is 0.416 e. The number of ether oxygens (including phenoxy) is 6. The summed E-state index contributed by atoms with van der Waals surface area (Å²) in [6.07, 6.45) is 2.87. The number of aryl methyl sites for hydroxylation is 4. The zero-order valence-electron chi connectivity index (χ0n) is 63.6. The Morgan fingerprint density at radius 2 is 1.00 bits per heavy atom. The molecule has 0 unspecified atom stereocenters. The zero-order valence-corrected chi connectivity index (χ0v) is 65.2. The van der Waals surface area contributed by atoms with E-state index in [9.17, 15) is 64.5 Å². The second kappa shape index (κ2) is 39.3. The molecule has 1 fully saturated rings. The van der Waals surface area contributed by atoms with Gasteiger partial charge in [0.2, 0.25) is 33.7 Å². The predicted octanol–water partition coefficient (Wildman–Crippen LogP) is 3.91. The van der Waals surface area contributed by atoms with Crippen molar-refractivity contribution in [2.75, 3.05) is 122 Å². The fourth-order valence-electron chi connectivity index (χ4n) is 11.0. The normalized spacial score (nSPS) is 15.9. The number of pyridine rings is 1. The van der Waals surface area contributed by atoms with Crippen molar-refractivity contribution in [3.63, 3.8) is 0 Å². The maximum atomic E-state index is 14.1. The number of unbranched alkanes of at least 4 members (excludes halogenated alkanes) is 1. The first kappa shape index (κ1) is 88.3. The number of aromatic nitrogens is 1. The third-order valence-electron chi connectivity index (χ3n) is 15.2. The van der Waals surface area contributed by atoms with E-state index in [1.807, 2.05) is 26.8 Å². The van der Waals surface area contributed by atoms with E-state index in [1.165, 1.54) is 12.1 Å². The van der Waals surface area contributed by atoms with Gasteiger partial charge in [-0.15, -0.1) is 0 Å². The van der Waals surface area contributed by atoms with Crippen molar-refractivity contribution in [3.8, 4) is 5.75 Å². The minimum atomic E-state index is -4.85. The quantitative estimate of drug-likeness (QED) is 0.0270. The number of sulfonamides is 1. The van der Waals surface area contributed by atoms with Crippen molar-refractivity contribution in [2.24, 2.45) is 0 Å². The van der Waals surface area contributed by atoms with Crippen LogP contribution >= 0.6 is 0 Å². The SMILES string of the molecule is Cc1cc(OCCCC(=O)NCCNC(=O)[C@H](CS(=O)(=O)O)NC(=O)CN2CCN(CC(=O)OC(C)(C)C)CCN(CC(=O)OC(C)(C)C)CCN(CC(=O)OC(C)(C)C)CC2)cc(C)c1S(=O)(=O)N[C@@H](CNC(=O)CCCCc1ccc2c(n1)N(C(=O)OC(C)(C)C)CCC2)C(=O)OC(C)(C)C. The molecule has 31 nitrogen and oxygen atoms in total. The van der Waals surface area contributed by atoms with Crippen LogP contribution in [-0.2, 0) is 95.0 Å². The van der Waals surface area contributed by atoms with E-state index in [-0.39, 0.29) is 120 Å². The summed E-state index contributed by atoms with van der Waals surface area (Å²) in [6, 6.07) is 3.56. The largest absolute Gasteiger partial charge is 0.494 e. The second-order valence-corrected chi connectivity index (χ2v) is 34.1. The van der Waals surface area contributed by atoms with Crippen LogP contribution in [0.25, 0.3) is 0 Å². The average molecular weight is 1490 g/mol. The van der Waals surface area contributed by atoms with Crippen LogP contribution in [0, 0.1) is 13.8 Å². The molecule has 103 heavy (non-hydrogen) atoms. The third-order valence-corrected chi connectivity index (χ3v) is 17.7. The van der Waals surface area contributed by atoms with E-state index in [0.717, 1.165) is 24.1 Å². The van der Waals surface area contributed by atoms with Gasteiger partial charge in [0.15, 0.2) is 0 Å². The highest BCUT2D eigenvalue weighted by Crippen LogP contribution is 2.29. The molecular formula is C70H115N11O20S2. The lowest BCUT2D eigenvalue weighted by molar-refractivity contribution is -0.158. The summed E-state index contributed by atoms with van der Waals surface area (Å²) in [6.45, 7) is 29.9. The number of anilines is 1. The van der Waals surface area contributed by atoms with Crippen molar-refractivity contribution in [1.29, 1.82) is 0 Å². The molecule has 3 heterocycles. The molecule has 2 atom stereocenters. The van der Waals surface area contributed by atoms with Crippen molar-refractivity contribution in [3.05, 3.63) is 46.6 Å². The van der Waals surface area contributed by atoms with Crippen molar-refractivity contribution in [2.45, 2.75) is 214 Å². The summed E-state index contributed by atoms with van der Waals surface area (Å²) < 4.78 is 98.9. The number of carbonyl (C=O) groups excluding carboxylic acids is 9. The lowest BCUT2D eigenvalue weighted by atomic mass is 10.0. The van der Waals surface area contributed by atoms with E-state index >= 15 is 0 Å². The van der Waals surface area contributed by atoms with Crippen molar-refractivity contribution < 1.29 is 93.0 Å². The number of hydrogen-bond acceptors (Lipinski definition) is 24. The summed E-state index contributed by atoms with van der Waals surface area (Å²) in [5.74, 6) is -5.35. The van der Waals surface area contributed by atoms with E-state index < -0.39 is 133 Å². The molecule has 4 rings (SSSR count). The van der Waals surface area contributed by atoms with E-state index in [2.05, 4.69) is 26.0 Å². The van der Waals surface area contributed by atoms with Crippen LogP contribution in [0.5, 0.6) is 5.75 Å². The number of amides is 5. The highest BCUT2D eigenvalue weighted by Gasteiger charge is 2.35. The van der Waals surface area contributed by atoms with Gasteiger partial charge in [-0.2, -0.15) is 13.1 Å². The van der Waals surface area contributed by atoms with Gasteiger partial charge in [0.1, 0.15) is 57.4 Å². The first-order valence-electron chi connectivity index (χ1n) is 35.1. The minimum absolute atomic E-state index is 0.0204. The van der Waals surface area contributed by atoms with Crippen LogP contribution in [-0.4, -0.2) is 257 Å². The molecule has 6 N–H and O–H groups in total. The number of rotatable bonds is 31. The van der Waals surface area contributed by atoms with E-state index in [0.29, 0.717) is 44.7 Å². The van der Waals surface area contributed by atoms with E-state index in [4.69, 9.17) is 33.4 Å². The van der Waals surface area contributed by atoms with Gasteiger partial charge in [-0.25, -0.2) is 18.2 Å². The van der Waals surface area contributed by atoms with Crippen LogP contribution in [0.15, 0.2) is 29.2 Å². The molecular weight excluding hydrogens is 1380 g/mol. The summed E-state index contributed by atoms with van der Waals surface area (Å²) in [5.41, 5.74) is -1.76. The van der Waals surface area contributed by atoms with Gasteiger partial charge in [-0.3, -0.25) is 67.4 Å². The Bertz CT molecular complexity index is 3400. The first-order valence-corrected chi connectivity index (χ1v) is 38.2. The van der Waals surface area contributed by atoms with Gasteiger partial charge in [0.05, 0.1) is 37.7 Å². The Kier molecular flexibility index (Phi) is 33.7. The zero-order chi connectivity index (χ0) is 77.5. The summed E-state index contributed by atoms with van der Waals surface area (Å²) in [5, 5.41) is 10.2. The average Bonchev–Trinajstić information content (AvgIpc) is 0.791. The number of nitrogens with one attached hydrogen (secondary N) is 5. The summed E-state index contributed by atoms with van der Waals surface area (Å²) in [7, 11) is -9.29. The lowest BCUT2D eigenvalue weighted by Crippen LogP contribution is -2.54. The molecule has 0 spiro atoms. The lowest BCUT2D eigenvalue weighted by Gasteiger charge is -2.34. The molecule has 5 amide bonds. The number of nitrogens with zero attached hydrogens (tertiary/aromatic N) is 6. The minimum Gasteiger partial charge on any atom is -0.494 e. The van der Waals surface area contributed by atoms with Gasteiger partial charge in [0, 0.05) is 97.1 Å². The first-order chi connectivity index (χ1) is 47.5. The standard InChI is InChI=1S/C70H115N11O20S2/c1-48-40-52(41-49(2)61(48)103(94,95)76-53(64(89)100-69(12,13)14)42-73-56(83)24-19-18-23-51-27-26-50-22-20-30-81(62(50)74-51)65(90)101-70(15,16)17)96-39-21-25-55(82)71-28-29-72-63(88)54(47-102(91,92)93)75-57(84)43-77-31-33-78(44-58(85)97-66(3,4)5)35-37-80(46-60(87)99-68(9,10)11)38-36-79(34-32-77)45-59(86)98-67(6,7)8/h26-27,40-41,53-54,76H,18-25,28-39,42-47H2,1-17H3,(H,71,82)(H,72,88)(H,73,83)(H,75,84)(H,91,92,93)/t53-,54-/m0/s1. The number of benzene rings is 1. The monoisotopic (exact) mass is 1490 g/mol. The summed E-state index contributed by atoms with van der Waals surface area (Å²) in [4.78, 5) is 133. The van der Waals surface area contributed by atoms with Crippen LogP contribution in [0.1, 0.15) is 165 Å². The van der Waals surface area contributed by atoms with Gasteiger partial charge in [-0.1, -0.05) is 6.07 Å². The number of fused-ring (bicyclic) bond motifs is 1. The number of hydrogen-bond donors (Lipinski definition) is 6. The maximum absolute atomic E-state index is 14.1. The summed E-state index contributed by atoms with van der Waals surface area (Å²) >= 11 is 0. The van der Waals surface area contributed by atoms with Crippen molar-refractivity contribution in [1.82, 2.24) is 50.6 Å². The Balaban J connectivity index is 1.32. The molecule has 0 radical (unpaired) electrons. The molecule has 2 aliphatic rings. The van der Waals surface area contributed by atoms with Gasteiger partial charge >= 0.3 is 30.0 Å². The molecule has 0 aliphatic carbocycles. The Morgan fingerprint density at radius 3 is 1.48 bits per heavy atom. The van der Waals surface area contributed by atoms with Gasteiger partial charge in [0.25, 0.3) is 10.1 Å². The highest BCUT2D eigenvalue weighted by atomic mass is 32.2. The van der Waals surface area contributed by atoms with Crippen LogP contribution in [0.2, 0.25) is 0 Å². The Hall–Kier alpha value is -7.14. The third kappa shape index (κ3) is 35.9. The van der Waals surface area contributed by atoms with Crippen LogP contribution in [0.4, 0.5) is 10.6 Å². The Labute approximate surface area is 608 Å². The fraction of sp³-hybridized carbons (Fsp3) is 0.714. The smallest absolute Gasteiger partial charge is 0.416 e. The van der Waals surface area contributed by atoms with Gasteiger partial charge in [-0.05, 0) is 191 Å². The van der Waals surface area contributed by atoms with Crippen LogP contribution in [0.3, 0.4) is 0 Å². The molecule has 2 aliphatic heterocycles. The van der Waals surface area contributed by atoms with Crippen LogP contribution < -0.4 is 35.6 Å². The number of esters is 4. The number of carbonyl (C=O) groups is 9. The molecule has 1 aromatic heterocycles. The molecule has 0 saturated carbocycles. The molecule has 2 aromatic rings. The van der Waals surface area contributed by atoms with Gasteiger partial charge < -0.3 is 49.7 Å². The predicted molar refractivity (Wildman–Crippen MR) is 385 cm³/mol. The topological polar surface area (TPSA) is 387 Å². The second-order valence-electron chi connectivity index (χ2n) is 31.0.